The molecule has 1 aromatic heterocycles. The van der Waals surface area contributed by atoms with E-state index in [4.69, 9.17) is 18.0 Å². The Kier molecular flexibility index (Phi) is 3.62. The number of hydrogen-bond acceptors (Lipinski definition) is 3. The fraction of sp³-hybridized carbons (Fsp3) is 0.615. The number of nitrogens with zero attached hydrogens (tertiary/aromatic N) is 3. The van der Waals surface area contributed by atoms with Crippen molar-refractivity contribution in [2.75, 3.05) is 13.1 Å². The fourth-order valence-corrected chi connectivity index (χ4v) is 2.63. The Bertz CT molecular complexity index is 515. The number of rotatable bonds is 2. The number of aryl methyl sites for hydroxylation is 2. The first-order valence-electron chi connectivity index (χ1n) is 6.43. The molecule has 0 saturated carbocycles. The van der Waals surface area contributed by atoms with E-state index in [1.54, 1.807) is 11.7 Å². The zero-order valence-corrected chi connectivity index (χ0v) is 12.5. The van der Waals surface area contributed by atoms with E-state index in [1.807, 2.05) is 17.9 Å². The Hall–Kier alpha value is -1.43. The third-order valence-electron chi connectivity index (χ3n) is 3.97. The van der Waals surface area contributed by atoms with Gasteiger partial charge in [-0.15, -0.1) is 0 Å². The summed E-state index contributed by atoms with van der Waals surface area (Å²) in [5.41, 5.74) is 7.15. The monoisotopic (exact) mass is 280 g/mol. The summed E-state index contributed by atoms with van der Waals surface area (Å²) in [5, 5.41) is 4.21. The molecule has 1 fully saturated rings. The van der Waals surface area contributed by atoms with Gasteiger partial charge in [0.25, 0.3) is 5.91 Å². The third kappa shape index (κ3) is 2.63. The molecule has 6 heteroatoms. The molecule has 1 aliphatic heterocycles. The van der Waals surface area contributed by atoms with Gasteiger partial charge in [0.2, 0.25) is 0 Å². The Morgan fingerprint density at radius 3 is 2.47 bits per heavy atom. The van der Waals surface area contributed by atoms with Gasteiger partial charge in [-0.05, 0) is 25.8 Å². The smallest absolute Gasteiger partial charge is 0.272 e. The quantitative estimate of drug-likeness (QED) is 0.828. The van der Waals surface area contributed by atoms with E-state index in [1.165, 1.54) is 0 Å². The van der Waals surface area contributed by atoms with E-state index in [0.29, 0.717) is 23.8 Å². The Morgan fingerprint density at radius 1 is 1.47 bits per heavy atom. The number of amides is 1. The van der Waals surface area contributed by atoms with E-state index < -0.39 is 0 Å². The lowest BCUT2D eigenvalue weighted by atomic mass is 9.80. The predicted molar refractivity (Wildman–Crippen MR) is 78.0 cm³/mol. The number of likely N-dealkylation sites (tertiary alicyclic amines) is 1. The first-order chi connectivity index (χ1) is 8.83. The SMILES string of the molecule is Cc1cc(C(=O)N2CCC(C)(C(N)=S)CC2)n(C)n1. The minimum absolute atomic E-state index is 0.0353. The number of thiocarbonyl (C=S) groups is 1. The summed E-state index contributed by atoms with van der Waals surface area (Å²) in [4.78, 5) is 14.8. The van der Waals surface area contributed by atoms with Crippen molar-refractivity contribution in [1.82, 2.24) is 14.7 Å². The lowest BCUT2D eigenvalue weighted by Crippen LogP contribution is -2.47. The van der Waals surface area contributed by atoms with E-state index in [2.05, 4.69) is 12.0 Å². The van der Waals surface area contributed by atoms with Crippen molar-refractivity contribution < 1.29 is 4.79 Å². The molecule has 19 heavy (non-hydrogen) atoms. The van der Waals surface area contributed by atoms with Crippen LogP contribution in [0.1, 0.15) is 35.9 Å². The number of aromatic nitrogens is 2. The second-order valence-corrected chi connectivity index (χ2v) is 5.95. The van der Waals surface area contributed by atoms with Crippen LogP contribution in [-0.4, -0.2) is 38.7 Å². The molecule has 1 amide bonds. The molecule has 1 aliphatic rings. The first kappa shape index (κ1) is 14.0. The van der Waals surface area contributed by atoms with Crippen LogP contribution in [0.4, 0.5) is 0 Å². The number of carbonyl (C=O) groups is 1. The summed E-state index contributed by atoms with van der Waals surface area (Å²) in [5.74, 6) is 0.0353. The second kappa shape index (κ2) is 4.92. The van der Waals surface area contributed by atoms with Crippen molar-refractivity contribution in [1.29, 1.82) is 0 Å². The van der Waals surface area contributed by atoms with Crippen LogP contribution in [0.3, 0.4) is 0 Å². The van der Waals surface area contributed by atoms with Crippen molar-refractivity contribution in [3.05, 3.63) is 17.5 Å². The molecule has 2 rings (SSSR count). The van der Waals surface area contributed by atoms with Gasteiger partial charge in [0, 0.05) is 25.6 Å². The Morgan fingerprint density at radius 2 is 2.05 bits per heavy atom. The van der Waals surface area contributed by atoms with Crippen LogP contribution in [-0.2, 0) is 7.05 Å². The fourth-order valence-electron chi connectivity index (χ4n) is 2.42. The molecule has 0 atom stereocenters. The molecule has 5 nitrogen and oxygen atoms in total. The van der Waals surface area contributed by atoms with E-state index in [0.717, 1.165) is 18.5 Å². The highest BCUT2D eigenvalue weighted by Crippen LogP contribution is 2.31. The van der Waals surface area contributed by atoms with Crippen molar-refractivity contribution in [2.24, 2.45) is 18.2 Å². The van der Waals surface area contributed by atoms with E-state index in [-0.39, 0.29) is 11.3 Å². The number of piperidine rings is 1. The zero-order valence-electron chi connectivity index (χ0n) is 11.6. The summed E-state index contributed by atoms with van der Waals surface area (Å²) in [6.07, 6.45) is 1.65. The lowest BCUT2D eigenvalue weighted by molar-refractivity contribution is 0.0659. The van der Waals surface area contributed by atoms with Gasteiger partial charge in [0.15, 0.2) is 0 Å². The second-order valence-electron chi connectivity index (χ2n) is 5.51. The van der Waals surface area contributed by atoms with Gasteiger partial charge >= 0.3 is 0 Å². The largest absolute Gasteiger partial charge is 0.393 e. The highest BCUT2D eigenvalue weighted by molar-refractivity contribution is 7.80. The highest BCUT2D eigenvalue weighted by atomic mass is 32.1. The first-order valence-corrected chi connectivity index (χ1v) is 6.84. The molecule has 0 spiro atoms. The van der Waals surface area contributed by atoms with Gasteiger partial charge in [-0.2, -0.15) is 5.10 Å². The molecule has 2 N–H and O–H groups in total. The van der Waals surface area contributed by atoms with Crippen LogP contribution in [0.25, 0.3) is 0 Å². The maximum Gasteiger partial charge on any atom is 0.272 e. The molecule has 0 unspecified atom stereocenters. The summed E-state index contributed by atoms with van der Waals surface area (Å²) in [6, 6.07) is 1.82. The van der Waals surface area contributed by atoms with Crippen molar-refractivity contribution in [3.8, 4) is 0 Å². The van der Waals surface area contributed by atoms with Crippen LogP contribution >= 0.6 is 12.2 Å². The van der Waals surface area contributed by atoms with Crippen LogP contribution < -0.4 is 5.73 Å². The van der Waals surface area contributed by atoms with Crippen LogP contribution in [0.15, 0.2) is 6.07 Å². The highest BCUT2D eigenvalue weighted by Gasteiger charge is 2.34. The van der Waals surface area contributed by atoms with Crippen LogP contribution in [0.2, 0.25) is 0 Å². The molecule has 104 valence electrons. The molecular weight excluding hydrogens is 260 g/mol. The molecule has 0 radical (unpaired) electrons. The van der Waals surface area contributed by atoms with Gasteiger partial charge in [-0.1, -0.05) is 19.1 Å². The predicted octanol–water partition coefficient (Wildman–Crippen LogP) is 1.26. The van der Waals surface area contributed by atoms with Crippen LogP contribution in [0, 0.1) is 12.3 Å². The normalized spacial score (nSPS) is 18.4. The topological polar surface area (TPSA) is 64.2 Å². The average Bonchev–Trinajstić information content (AvgIpc) is 2.68. The molecule has 0 aliphatic carbocycles. The maximum absolute atomic E-state index is 12.4. The average molecular weight is 280 g/mol. The van der Waals surface area contributed by atoms with Crippen molar-refractivity contribution in [3.63, 3.8) is 0 Å². The van der Waals surface area contributed by atoms with Crippen LogP contribution in [0.5, 0.6) is 0 Å². The van der Waals surface area contributed by atoms with Gasteiger partial charge in [0.1, 0.15) is 5.69 Å². The number of nitrogens with two attached hydrogens (primary N) is 1. The molecule has 0 bridgehead atoms. The number of hydrogen-bond donors (Lipinski definition) is 1. The standard InChI is InChI=1S/C13H20N4OS/c1-9-8-10(16(3)15-9)11(18)17-6-4-13(2,5-7-17)12(14)19/h8H,4-7H2,1-3H3,(H2,14,19). The minimum Gasteiger partial charge on any atom is -0.393 e. The third-order valence-corrected chi connectivity index (χ3v) is 4.46. The zero-order chi connectivity index (χ0) is 14.2. The van der Waals surface area contributed by atoms with Gasteiger partial charge in [-0.3, -0.25) is 9.48 Å². The van der Waals surface area contributed by atoms with E-state index >= 15 is 0 Å². The summed E-state index contributed by atoms with van der Waals surface area (Å²) in [7, 11) is 1.79. The van der Waals surface area contributed by atoms with E-state index in [9.17, 15) is 4.79 Å². The number of carbonyl (C=O) groups excluding carboxylic acids is 1. The molecule has 0 aromatic carbocycles. The lowest BCUT2D eigenvalue weighted by Gasteiger charge is -2.38. The molecule has 1 saturated heterocycles. The maximum atomic E-state index is 12.4. The van der Waals surface area contributed by atoms with Gasteiger partial charge in [0.05, 0.1) is 10.7 Å². The molecule has 1 aromatic rings. The van der Waals surface area contributed by atoms with Gasteiger partial charge < -0.3 is 10.6 Å². The van der Waals surface area contributed by atoms with Crippen molar-refractivity contribution >= 4 is 23.1 Å². The molecular formula is C13H20N4OS. The summed E-state index contributed by atoms with van der Waals surface area (Å²) in [6.45, 7) is 5.34. The van der Waals surface area contributed by atoms with Crippen molar-refractivity contribution in [2.45, 2.75) is 26.7 Å². The Labute approximate surface area is 118 Å². The van der Waals surface area contributed by atoms with Gasteiger partial charge in [-0.25, -0.2) is 0 Å². The Balaban J connectivity index is 2.08. The summed E-state index contributed by atoms with van der Waals surface area (Å²) < 4.78 is 1.64. The summed E-state index contributed by atoms with van der Waals surface area (Å²) >= 11 is 5.11. The minimum atomic E-state index is -0.117. The molecule has 2 heterocycles.